The first-order valence-corrected chi connectivity index (χ1v) is 8.09. The summed E-state index contributed by atoms with van der Waals surface area (Å²) < 4.78 is 5.31. The van der Waals surface area contributed by atoms with Crippen LogP contribution < -0.4 is 11.1 Å². The molecule has 3 N–H and O–H groups in total. The van der Waals surface area contributed by atoms with Gasteiger partial charge in [0.2, 0.25) is 0 Å². The fourth-order valence-corrected chi connectivity index (χ4v) is 3.25. The lowest BCUT2D eigenvalue weighted by Crippen LogP contribution is -2.09. The molecule has 0 atom stereocenters. The smallest absolute Gasteiger partial charge is 0.251 e. The number of thiazole rings is 1. The first-order valence-electron chi connectivity index (χ1n) is 6.33. The molecule has 3 aromatic rings. The summed E-state index contributed by atoms with van der Waals surface area (Å²) >= 11 is 3.25. The molecule has 0 saturated heterocycles. The highest BCUT2D eigenvalue weighted by Crippen LogP contribution is 2.26. The number of primary amides is 1. The van der Waals surface area contributed by atoms with Gasteiger partial charge in [0.1, 0.15) is 12.0 Å². The molecule has 0 spiro atoms. The molecular formula is C14H13N3O2S2. The molecule has 0 radical (unpaired) electrons. The van der Waals surface area contributed by atoms with Crippen LogP contribution in [-0.2, 0) is 6.42 Å². The number of carbonyl (C=O) groups is 1. The van der Waals surface area contributed by atoms with Crippen molar-refractivity contribution < 1.29 is 9.21 Å². The van der Waals surface area contributed by atoms with Crippen LogP contribution in [0.15, 0.2) is 39.6 Å². The van der Waals surface area contributed by atoms with Crippen molar-refractivity contribution in [3.8, 4) is 11.5 Å². The summed E-state index contributed by atoms with van der Waals surface area (Å²) in [5, 5.41) is 8.07. The molecule has 0 bridgehead atoms. The fraction of sp³-hybridized carbons (Fsp3) is 0.143. The summed E-state index contributed by atoms with van der Waals surface area (Å²) in [5.41, 5.74) is 6.25. The number of nitrogens with two attached hydrogens (primary N) is 1. The lowest BCUT2D eigenvalue weighted by Gasteiger charge is -1.99. The summed E-state index contributed by atoms with van der Waals surface area (Å²) in [5.74, 6) is 0.0425. The van der Waals surface area contributed by atoms with Crippen molar-refractivity contribution in [3.63, 3.8) is 0 Å². The molecule has 0 aliphatic carbocycles. The van der Waals surface area contributed by atoms with Gasteiger partial charge in [-0.05, 0) is 23.9 Å². The summed E-state index contributed by atoms with van der Waals surface area (Å²) in [4.78, 5) is 16.8. The number of nitrogens with zero attached hydrogens (tertiary/aromatic N) is 1. The van der Waals surface area contributed by atoms with Gasteiger partial charge in [0.15, 0.2) is 10.9 Å². The zero-order chi connectivity index (χ0) is 14.7. The molecule has 3 rings (SSSR count). The van der Waals surface area contributed by atoms with Crippen LogP contribution in [0.3, 0.4) is 0 Å². The molecule has 0 aliphatic heterocycles. The third-order valence-electron chi connectivity index (χ3n) is 2.87. The predicted molar refractivity (Wildman–Crippen MR) is 84.8 cm³/mol. The quantitative estimate of drug-likeness (QED) is 0.731. The van der Waals surface area contributed by atoms with Crippen LogP contribution in [0.4, 0.5) is 5.13 Å². The van der Waals surface area contributed by atoms with Gasteiger partial charge in [0.05, 0.1) is 5.56 Å². The van der Waals surface area contributed by atoms with Crippen LogP contribution in [0.1, 0.15) is 15.2 Å². The topological polar surface area (TPSA) is 81.2 Å². The Morgan fingerprint density at radius 3 is 3.05 bits per heavy atom. The van der Waals surface area contributed by atoms with E-state index in [1.165, 1.54) is 22.5 Å². The van der Waals surface area contributed by atoms with Gasteiger partial charge in [-0.15, -0.1) is 22.7 Å². The average Bonchev–Trinajstić information content (AvgIpc) is 3.20. The first kappa shape index (κ1) is 13.8. The number of hydrogen-bond acceptors (Lipinski definition) is 6. The van der Waals surface area contributed by atoms with Gasteiger partial charge in [-0.25, -0.2) is 4.98 Å². The zero-order valence-corrected chi connectivity index (χ0v) is 12.7. The Morgan fingerprint density at radius 2 is 2.33 bits per heavy atom. The monoisotopic (exact) mass is 319 g/mol. The molecule has 0 saturated carbocycles. The number of hydrogen-bond donors (Lipinski definition) is 2. The maximum Gasteiger partial charge on any atom is 0.251 e. The number of aromatic nitrogens is 1. The maximum atomic E-state index is 11.0. The Morgan fingerprint density at radius 1 is 1.43 bits per heavy atom. The standard InChI is InChI=1S/C14H13N3O2S2/c15-13(18)9-6-12(19-7-9)11-8-21-14(17-11)16-4-3-10-2-1-5-20-10/h1-2,5-8H,3-4H2,(H2,15,18)(H,16,17). The molecule has 0 fully saturated rings. The molecule has 0 aromatic carbocycles. The second kappa shape index (κ2) is 6.11. The van der Waals surface area contributed by atoms with Gasteiger partial charge in [-0.2, -0.15) is 0 Å². The molecule has 7 heteroatoms. The van der Waals surface area contributed by atoms with E-state index in [0.717, 1.165) is 18.1 Å². The number of rotatable bonds is 6. The van der Waals surface area contributed by atoms with E-state index in [0.29, 0.717) is 17.0 Å². The average molecular weight is 319 g/mol. The van der Waals surface area contributed by atoms with E-state index >= 15 is 0 Å². The number of thiophene rings is 1. The lowest BCUT2D eigenvalue weighted by molar-refractivity contribution is 0.0999. The van der Waals surface area contributed by atoms with Crippen LogP contribution in [-0.4, -0.2) is 17.4 Å². The number of amides is 1. The molecule has 1 amide bonds. The SMILES string of the molecule is NC(=O)c1coc(-c2csc(NCCc3cccs3)n2)c1. The van der Waals surface area contributed by atoms with Crippen molar-refractivity contribution in [2.24, 2.45) is 5.73 Å². The van der Waals surface area contributed by atoms with Crippen molar-refractivity contribution in [1.29, 1.82) is 0 Å². The Hall–Kier alpha value is -2.12. The van der Waals surface area contributed by atoms with Gasteiger partial charge < -0.3 is 15.5 Å². The molecule has 0 unspecified atom stereocenters. The minimum atomic E-state index is -0.505. The lowest BCUT2D eigenvalue weighted by atomic mass is 10.3. The maximum absolute atomic E-state index is 11.0. The first-order chi connectivity index (χ1) is 10.2. The highest BCUT2D eigenvalue weighted by Gasteiger charge is 2.11. The van der Waals surface area contributed by atoms with Crippen molar-refractivity contribution in [1.82, 2.24) is 4.98 Å². The summed E-state index contributed by atoms with van der Waals surface area (Å²) in [6, 6.07) is 5.77. The zero-order valence-electron chi connectivity index (χ0n) is 11.0. The van der Waals surface area contributed by atoms with Gasteiger partial charge >= 0.3 is 0 Å². The van der Waals surface area contributed by atoms with E-state index in [4.69, 9.17) is 10.2 Å². The third kappa shape index (κ3) is 3.32. The number of anilines is 1. The van der Waals surface area contributed by atoms with Gasteiger partial charge in [0.25, 0.3) is 5.91 Å². The van der Waals surface area contributed by atoms with Gasteiger partial charge in [-0.1, -0.05) is 6.07 Å². The molecule has 3 aromatic heterocycles. The van der Waals surface area contributed by atoms with E-state index in [1.54, 1.807) is 17.4 Å². The molecule has 108 valence electrons. The van der Waals surface area contributed by atoms with E-state index in [9.17, 15) is 4.79 Å². The van der Waals surface area contributed by atoms with Gasteiger partial charge in [0, 0.05) is 16.8 Å². The predicted octanol–water partition coefficient (Wildman–Crippen LogP) is 3.22. The van der Waals surface area contributed by atoms with Crippen molar-refractivity contribution in [3.05, 3.63) is 45.7 Å². The number of carbonyl (C=O) groups excluding carboxylic acids is 1. The minimum Gasteiger partial charge on any atom is -0.462 e. The van der Waals surface area contributed by atoms with Crippen molar-refractivity contribution >= 4 is 33.7 Å². The Bertz CT molecular complexity index is 731. The number of nitrogens with one attached hydrogen (secondary N) is 1. The Kier molecular flexibility index (Phi) is 4.03. The van der Waals surface area contributed by atoms with E-state index < -0.39 is 5.91 Å². The number of furan rings is 1. The second-order valence-electron chi connectivity index (χ2n) is 4.36. The summed E-state index contributed by atoms with van der Waals surface area (Å²) in [6.45, 7) is 0.832. The highest BCUT2D eigenvalue weighted by atomic mass is 32.1. The molecule has 5 nitrogen and oxygen atoms in total. The van der Waals surface area contributed by atoms with Gasteiger partial charge in [-0.3, -0.25) is 4.79 Å². The normalized spacial score (nSPS) is 10.7. The minimum absolute atomic E-state index is 0.352. The van der Waals surface area contributed by atoms with E-state index in [1.807, 2.05) is 5.38 Å². The van der Waals surface area contributed by atoms with E-state index in [-0.39, 0.29) is 0 Å². The second-order valence-corrected chi connectivity index (χ2v) is 6.25. The molecular weight excluding hydrogens is 306 g/mol. The Balaban J connectivity index is 1.61. The molecule has 0 aliphatic rings. The van der Waals surface area contributed by atoms with E-state index in [2.05, 4.69) is 27.8 Å². The highest BCUT2D eigenvalue weighted by molar-refractivity contribution is 7.14. The molecule has 21 heavy (non-hydrogen) atoms. The van der Waals surface area contributed by atoms with Crippen LogP contribution in [0.5, 0.6) is 0 Å². The van der Waals surface area contributed by atoms with Crippen LogP contribution in [0, 0.1) is 0 Å². The molecule has 3 heterocycles. The summed E-state index contributed by atoms with van der Waals surface area (Å²) in [6.07, 6.45) is 2.32. The third-order valence-corrected chi connectivity index (χ3v) is 4.60. The fourth-order valence-electron chi connectivity index (χ4n) is 1.82. The van der Waals surface area contributed by atoms with Crippen molar-refractivity contribution in [2.45, 2.75) is 6.42 Å². The summed E-state index contributed by atoms with van der Waals surface area (Å²) in [7, 11) is 0. The van der Waals surface area contributed by atoms with Crippen molar-refractivity contribution in [2.75, 3.05) is 11.9 Å². The van der Waals surface area contributed by atoms with Crippen LogP contribution in [0.25, 0.3) is 11.5 Å². The Labute approximate surface area is 129 Å². The largest absolute Gasteiger partial charge is 0.462 e. The van der Waals surface area contributed by atoms with Crippen LogP contribution in [0.2, 0.25) is 0 Å². The van der Waals surface area contributed by atoms with Crippen LogP contribution >= 0.6 is 22.7 Å².